The minimum Gasteiger partial charge on any atom is -0.744 e. The van der Waals surface area contributed by atoms with Gasteiger partial charge in [0.2, 0.25) is 27.6 Å². The zero-order chi connectivity index (χ0) is 45.3. The maximum atomic E-state index is 12.5. The van der Waals surface area contributed by atoms with Gasteiger partial charge in [-0.05, 0) is 83.7 Å². The number of aromatic nitrogens is 3. The second kappa shape index (κ2) is 27.7. The van der Waals surface area contributed by atoms with Crippen LogP contribution in [-0.4, -0.2) is 92.1 Å². The molecule has 0 amide bonds. The quantitative estimate of drug-likeness (QED) is 0.00737. The van der Waals surface area contributed by atoms with Crippen LogP contribution >= 0.6 is 35.7 Å². The number of aromatic hydroxyl groups is 1. The molecule has 0 aliphatic rings. The monoisotopic (exact) mass is 1080 g/mol. The van der Waals surface area contributed by atoms with E-state index in [-0.39, 0.29) is 175 Å². The molecule has 0 aliphatic heterocycles. The summed E-state index contributed by atoms with van der Waals surface area (Å²) in [6.07, 6.45) is 0. The van der Waals surface area contributed by atoms with Gasteiger partial charge in [0.05, 0.1) is 57.1 Å². The van der Waals surface area contributed by atoms with E-state index in [2.05, 4.69) is 53.6 Å². The van der Waals surface area contributed by atoms with Gasteiger partial charge in [0.25, 0.3) is 0 Å². The molecular weight excluding hydrogens is 1060 g/mol. The molecule has 0 saturated heterocycles. The molecule has 26 nitrogen and oxygen atoms in total. The summed E-state index contributed by atoms with van der Waals surface area (Å²) >= 11 is 7.02. The van der Waals surface area contributed by atoms with Crippen molar-refractivity contribution in [2.75, 3.05) is 35.4 Å². The molecule has 0 unspecified atom stereocenters. The third-order valence-corrected chi connectivity index (χ3v) is 11.9. The summed E-state index contributed by atoms with van der Waals surface area (Å²) < 4.78 is 141. The van der Waals surface area contributed by atoms with Crippen molar-refractivity contribution >= 4 is 122 Å². The fourth-order valence-corrected chi connectivity index (χ4v) is 8.09. The number of benzene rings is 4. The Morgan fingerprint density at radius 1 is 0.773 bits per heavy atom. The summed E-state index contributed by atoms with van der Waals surface area (Å²) in [4.78, 5) is 15.9. The Morgan fingerprint density at radius 2 is 1.41 bits per heavy atom. The molecular formula is C30H27ClN7Na3O19S6. The predicted molar refractivity (Wildman–Crippen MR) is 216 cm³/mol. The number of phenols is 1. The van der Waals surface area contributed by atoms with Gasteiger partial charge in [-0.1, -0.05) is 7.43 Å². The van der Waals surface area contributed by atoms with Crippen molar-refractivity contribution in [1.29, 1.82) is 0 Å². The Balaban J connectivity index is 0.00000544. The minimum absolute atomic E-state index is 0. The fourth-order valence-electron chi connectivity index (χ4n) is 4.68. The van der Waals surface area contributed by atoms with E-state index < -0.39 is 75.6 Å². The van der Waals surface area contributed by atoms with Crippen molar-refractivity contribution in [3.8, 4) is 11.5 Å². The summed E-state index contributed by atoms with van der Waals surface area (Å²) in [6.45, 7) is -1.31. The normalized spacial score (nSPS) is 11.8. The van der Waals surface area contributed by atoms with E-state index in [1.165, 1.54) is 42.5 Å². The first kappa shape index (κ1) is 62.4. The summed E-state index contributed by atoms with van der Waals surface area (Å²) in [6, 6.07) is 13.3. The third-order valence-electron chi connectivity index (χ3n) is 7.15. The summed E-state index contributed by atoms with van der Waals surface area (Å²) in [5.41, 5.74) is -0.309. The molecule has 0 aliphatic carbocycles. The molecule has 1 aromatic heterocycles. The Bertz CT molecular complexity index is 2920. The predicted octanol–water partition coefficient (Wildman–Crippen LogP) is -4.90. The van der Waals surface area contributed by atoms with E-state index in [9.17, 15) is 53.1 Å². The minimum atomic E-state index is -5.18. The van der Waals surface area contributed by atoms with Gasteiger partial charge in [0, 0.05) is 28.9 Å². The van der Waals surface area contributed by atoms with Crippen molar-refractivity contribution in [3.05, 3.63) is 72.0 Å². The van der Waals surface area contributed by atoms with Crippen LogP contribution in [0.15, 0.2) is 91.6 Å². The average molecular weight is 1090 g/mol. The zero-order valence-electron chi connectivity index (χ0n) is 33.1. The molecule has 4 N–H and O–H groups in total. The van der Waals surface area contributed by atoms with Crippen molar-refractivity contribution in [1.82, 2.24) is 15.0 Å². The van der Waals surface area contributed by atoms with Gasteiger partial charge in [-0.2, -0.15) is 32.8 Å². The molecule has 5 rings (SSSR count). The van der Waals surface area contributed by atoms with Gasteiger partial charge >= 0.3 is 99.1 Å². The number of hydrogen-bond acceptors (Lipinski definition) is 27. The fraction of sp³-hybridized carbons (Fsp3) is 0.167. The zero-order valence-corrected chi connectivity index (χ0v) is 44.7. The maximum Gasteiger partial charge on any atom is 1.00 e. The second-order valence-electron chi connectivity index (χ2n) is 11.3. The van der Waals surface area contributed by atoms with Gasteiger partial charge in [0.15, 0.2) is 21.3 Å². The van der Waals surface area contributed by atoms with Gasteiger partial charge in [0.1, 0.15) is 15.8 Å². The molecule has 0 bridgehead atoms. The van der Waals surface area contributed by atoms with Crippen LogP contribution in [0.2, 0.25) is 5.28 Å². The van der Waals surface area contributed by atoms with E-state index in [1.54, 1.807) is 0 Å². The SMILES string of the molecule is C.O=S(=O)([O-])OCCSOOc1ccc(N=Nc2c(SOO[O-])cc3cc(S(=O)(=O)[O-])cc(Nc4nc(Cl)nc(Nc5ccc(S(=O)(=O)CCOS(=O)(=O)O)cc5)n4)c3c2O)cc1.[Na+].[Na+].[Na+]. The van der Waals surface area contributed by atoms with Crippen molar-refractivity contribution in [2.24, 2.45) is 10.2 Å². The van der Waals surface area contributed by atoms with Crippen molar-refractivity contribution in [2.45, 2.75) is 22.1 Å². The number of azo groups is 1. The maximum absolute atomic E-state index is 12.5. The molecule has 0 fully saturated rings. The Morgan fingerprint density at radius 3 is 2.00 bits per heavy atom. The third kappa shape index (κ3) is 19.6. The Labute approximate surface area is 456 Å². The average Bonchev–Trinajstić information content (AvgIpc) is 3.17. The first-order valence-electron chi connectivity index (χ1n) is 16.0. The first-order valence-corrected chi connectivity index (χ1v) is 23.8. The molecule has 66 heavy (non-hydrogen) atoms. The molecule has 1 heterocycles. The van der Waals surface area contributed by atoms with Crippen LogP contribution in [0.3, 0.4) is 0 Å². The van der Waals surface area contributed by atoms with E-state index >= 15 is 0 Å². The standard InChI is InChI=1S/C29H26ClN7O19S6.CH4.3Na/c30-27-33-28(31-17-3-7-20(8-4-17)59(40,41)12-10-52-62(48,49)50)35-29(34-27)32-22-15-21(60(42,43)44)13-16-14-23(58-56-54-39)25(26(38)24(16)22)37-36-18-1-5-19(6-2-18)53-55-57-11-9-51-61(45,46)47;;;;/h1-8,13-15,38-39H,9-12H2,(H,42,43,44)(H,45,46,47)(H,48,49,50)(H2,31,32,33,34,35);1H4;;;/q;;3*+1/p-3. The van der Waals surface area contributed by atoms with Crippen molar-refractivity contribution in [3.63, 3.8) is 0 Å². The number of fused-ring (bicyclic) bond motifs is 1. The second-order valence-corrected chi connectivity index (χ2v) is 18.8. The largest absolute Gasteiger partial charge is 1.00 e. The van der Waals surface area contributed by atoms with Crippen LogP contribution in [-0.2, 0) is 62.8 Å². The molecule has 0 saturated carbocycles. The number of phenolic OH excluding ortho intramolecular Hbond substituents is 1. The van der Waals surface area contributed by atoms with E-state index in [4.69, 9.17) is 25.4 Å². The molecule has 5 aromatic rings. The summed E-state index contributed by atoms with van der Waals surface area (Å²) in [7, 11) is -18.9. The molecule has 36 heteroatoms. The van der Waals surface area contributed by atoms with Crippen LogP contribution < -0.4 is 109 Å². The number of anilines is 4. The van der Waals surface area contributed by atoms with Gasteiger partial charge in [-0.3, -0.25) is 13.8 Å². The molecule has 0 atom stereocenters. The van der Waals surface area contributed by atoms with Crippen LogP contribution in [0.4, 0.5) is 34.6 Å². The number of halogens is 1. The number of nitrogens with zero attached hydrogens (tertiary/aromatic N) is 5. The Hall–Kier alpha value is -1.62. The van der Waals surface area contributed by atoms with E-state index in [0.29, 0.717) is 12.0 Å². The van der Waals surface area contributed by atoms with Gasteiger partial charge in [-0.15, -0.1) is 9.45 Å². The Kier molecular flexibility index (Phi) is 26.2. The number of hydrogen-bond donors (Lipinski definition) is 4. The molecule has 0 radical (unpaired) electrons. The van der Waals surface area contributed by atoms with Crippen LogP contribution in [0.5, 0.6) is 11.5 Å². The van der Waals surface area contributed by atoms with E-state index in [1.807, 2.05) is 0 Å². The summed E-state index contributed by atoms with van der Waals surface area (Å²) in [5.74, 6) is -2.06. The van der Waals surface area contributed by atoms with E-state index in [0.717, 1.165) is 24.3 Å². The molecule has 0 spiro atoms. The number of sulfone groups is 1. The summed E-state index contributed by atoms with van der Waals surface area (Å²) in [5, 5.41) is 38.5. The molecule has 342 valence electrons. The topological polar surface area (TPSA) is 389 Å². The molecule has 4 aromatic carbocycles. The van der Waals surface area contributed by atoms with Gasteiger partial charge < -0.3 is 35.0 Å². The number of nitrogens with one attached hydrogen (secondary N) is 2. The smallest absolute Gasteiger partial charge is 0.744 e. The van der Waals surface area contributed by atoms with Gasteiger partial charge in [-0.25, -0.2) is 29.4 Å². The van der Waals surface area contributed by atoms with Crippen LogP contribution in [0.1, 0.15) is 7.43 Å². The number of rotatable bonds is 22. The van der Waals surface area contributed by atoms with Crippen LogP contribution in [0, 0.1) is 0 Å². The first-order chi connectivity index (χ1) is 29.1. The van der Waals surface area contributed by atoms with Crippen molar-refractivity contribution < 1.29 is 173 Å². The van der Waals surface area contributed by atoms with Crippen LogP contribution in [0.25, 0.3) is 10.8 Å².